The Balaban J connectivity index is 1.41. The van der Waals surface area contributed by atoms with E-state index in [9.17, 15) is 5.11 Å². The van der Waals surface area contributed by atoms with Crippen LogP contribution in [0.3, 0.4) is 0 Å². The Kier molecular flexibility index (Phi) is 6.10. The quantitative estimate of drug-likeness (QED) is 0.840. The molecule has 1 aromatic heterocycles. The fraction of sp³-hybridized carbons (Fsp3) is 0.550. The van der Waals surface area contributed by atoms with Gasteiger partial charge in [0.1, 0.15) is 17.7 Å². The van der Waals surface area contributed by atoms with Gasteiger partial charge in [0, 0.05) is 19.4 Å². The van der Waals surface area contributed by atoms with Crippen LogP contribution in [0.15, 0.2) is 36.7 Å². The molecule has 25 heavy (non-hydrogen) atoms. The summed E-state index contributed by atoms with van der Waals surface area (Å²) < 4.78 is 7.21. The molecule has 1 unspecified atom stereocenters. The summed E-state index contributed by atoms with van der Waals surface area (Å²) in [7, 11) is 3.65. The molecule has 1 atom stereocenters. The van der Waals surface area contributed by atoms with Crippen molar-refractivity contribution in [3.8, 4) is 5.75 Å². The zero-order valence-electron chi connectivity index (χ0n) is 15.3. The standard InChI is InChI=1S/C20H29N3O2/c1-22-14-10-21-20(22)19(24)17-8-12-23(13-9-17)11-4-6-16-5-3-7-18(15-16)25-2/h3,5,7,10,14-15,17,19,24H,4,6,8-9,11-13H2,1-2H3. The molecule has 1 saturated heterocycles. The van der Waals surface area contributed by atoms with Gasteiger partial charge in [0.2, 0.25) is 0 Å². The molecule has 0 amide bonds. The molecule has 3 rings (SSSR count). The molecule has 1 aromatic carbocycles. The molecule has 5 heteroatoms. The van der Waals surface area contributed by atoms with Gasteiger partial charge < -0.3 is 19.3 Å². The summed E-state index contributed by atoms with van der Waals surface area (Å²) in [5.74, 6) is 2.04. The molecule has 136 valence electrons. The van der Waals surface area contributed by atoms with Crippen LogP contribution in [0.25, 0.3) is 0 Å². The van der Waals surface area contributed by atoms with Crippen LogP contribution in [0.1, 0.15) is 36.8 Å². The second-order valence-electron chi connectivity index (χ2n) is 6.98. The minimum absolute atomic E-state index is 0.315. The summed E-state index contributed by atoms with van der Waals surface area (Å²) in [4.78, 5) is 6.81. The van der Waals surface area contributed by atoms with Crippen molar-refractivity contribution in [2.24, 2.45) is 13.0 Å². The van der Waals surface area contributed by atoms with E-state index < -0.39 is 6.10 Å². The van der Waals surface area contributed by atoms with E-state index in [-0.39, 0.29) is 0 Å². The molecule has 5 nitrogen and oxygen atoms in total. The zero-order valence-corrected chi connectivity index (χ0v) is 15.3. The number of ether oxygens (including phenoxy) is 1. The Hall–Kier alpha value is -1.85. The summed E-state index contributed by atoms with van der Waals surface area (Å²) in [6.07, 6.45) is 7.50. The van der Waals surface area contributed by atoms with E-state index >= 15 is 0 Å². The number of hydrogen-bond donors (Lipinski definition) is 1. The predicted molar refractivity (Wildman–Crippen MR) is 98.6 cm³/mol. The summed E-state index contributed by atoms with van der Waals surface area (Å²) >= 11 is 0. The van der Waals surface area contributed by atoms with E-state index in [0.29, 0.717) is 5.92 Å². The third kappa shape index (κ3) is 4.61. The highest BCUT2D eigenvalue weighted by Gasteiger charge is 2.28. The second-order valence-corrected chi connectivity index (χ2v) is 6.98. The van der Waals surface area contributed by atoms with Crippen molar-refractivity contribution in [3.63, 3.8) is 0 Å². The number of piperidine rings is 1. The number of imidazole rings is 1. The van der Waals surface area contributed by atoms with Crippen molar-refractivity contribution in [2.45, 2.75) is 31.8 Å². The van der Waals surface area contributed by atoms with Gasteiger partial charge in [-0.05, 0) is 68.9 Å². The molecule has 0 saturated carbocycles. The lowest BCUT2D eigenvalue weighted by Crippen LogP contribution is -2.36. The van der Waals surface area contributed by atoms with Gasteiger partial charge in [-0.1, -0.05) is 12.1 Å². The third-order valence-electron chi connectivity index (χ3n) is 5.28. The number of methoxy groups -OCH3 is 1. The predicted octanol–water partition coefficient (Wildman–Crippen LogP) is 2.81. The second kappa shape index (κ2) is 8.50. The van der Waals surface area contributed by atoms with Crippen LogP contribution in [-0.2, 0) is 13.5 Å². The number of hydrogen-bond acceptors (Lipinski definition) is 4. The van der Waals surface area contributed by atoms with E-state index in [2.05, 4.69) is 28.1 Å². The van der Waals surface area contributed by atoms with Crippen molar-refractivity contribution in [1.29, 1.82) is 0 Å². The molecule has 2 aromatic rings. The van der Waals surface area contributed by atoms with Crippen molar-refractivity contribution in [1.82, 2.24) is 14.5 Å². The molecule has 0 spiro atoms. The Morgan fingerprint density at radius 2 is 2.12 bits per heavy atom. The van der Waals surface area contributed by atoms with E-state index in [0.717, 1.165) is 56.9 Å². The Morgan fingerprint density at radius 3 is 2.80 bits per heavy atom. The average Bonchev–Trinajstić information content (AvgIpc) is 3.08. The topological polar surface area (TPSA) is 50.5 Å². The summed E-state index contributed by atoms with van der Waals surface area (Å²) in [5, 5.41) is 10.6. The molecule has 1 N–H and O–H groups in total. The molecule has 0 bridgehead atoms. The van der Waals surface area contributed by atoms with Crippen molar-refractivity contribution in [2.75, 3.05) is 26.7 Å². The molecule has 1 aliphatic rings. The number of nitrogens with zero attached hydrogens (tertiary/aromatic N) is 3. The Labute approximate surface area is 150 Å². The lowest BCUT2D eigenvalue weighted by molar-refractivity contribution is 0.0509. The number of aliphatic hydroxyl groups excluding tert-OH is 1. The van der Waals surface area contributed by atoms with Gasteiger partial charge in [0.05, 0.1) is 7.11 Å². The van der Waals surface area contributed by atoms with Gasteiger partial charge >= 0.3 is 0 Å². The van der Waals surface area contributed by atoms with Crippen molar-refractivity contribution in [3.05, 3.63) is 48.0 Å². The van der Waals surface area contributed by atoms with Gasteiger partial charge in [-0.25, -0.2) is 4.98 Å². The molecular formula is C20H29N3O2. The van der Waals surface area contributed by atoms with Gasteiger partial charge in [-0.3, -0.25) is 0 Å². The minimum atomic E-state index is -0.445. The Morgan fingerprint density at radius 1 is 1.32 bits per heavy atom. The number of likely N-dealkylation sites (tertiary alicyclic amines) is 1. The highest BCUT2D eigenvalue weighted by atomic mass is 16.5. The highest BCUT2D eigenvalue weighted by Crippen LogP contribution is 2.29. The SMILES string of the molecule is COc1cccc(CCCN2CCC(C(O)c3nccn3C)CC2)c1. The summed E-state index contributed by atoms with van der Waals surface area (Å²) in [6, 6.07) is 8.33. The molecule has 0 aliphatic carbocycles. The van der Waals surface area contributed by atoms with Crippen LogP contribution in [0.4, 0.5) is 0 Å². The molecule has 1 aliphatic heterocycles. The van der Waals surface area contributed by atoms with Crippen molar-refractivity contribution >= 4 is 0 Å². The first kappa shape index (κ1) is 18.0. The fourth-order valence-corrected chi connectivity index (χ4v) is 3.70. The van der Waals surface area contributed by atoms with Crippen LogP contribution in [0.5, 0.6) is 5.75 Å². The van der Waals surface area contributed by atoms with E-state index in [1.54, 1.807) is 13.3 Å². The van der Waals surface area contributed by atoms with Crippen molar-refractivity contribution < 1.29 is 9.84 Å². The van der Waals surface area contributed by atoms with Gasteiger partial charge in [0.25, 0.3) is 0 Å². The number of benzene rings is 1. The number of rotatable bonds is 7. The van der Waals surface area contributed by atoms with Gasteiger partial charge in [-0.15, -0.1) is 0 Å². The van der Waals surface area contributed by atoms with Crippen LogP contribution < -0.4 is 4.74 Å². The first-order chi connectivity index (χ1) is 12.2. The fourth-order valence-electron chi connectivity index (χ4n) is 3.70. The molecular weight excluding hydrogens is 314 g/mol. The molecule has 0 radical (unpaired) electrons. The number of aromatic nitrogens is 2. The van der Waals surface area contributed by atoms with Crippen LogP contribution in [-0.4, -0.2) is 46.3 Å². The van der Waals surface area contributed by atoms with Crippen LogP contribution in [0.2, 0.25) is 0 Å². The van der Waals surface area contributed by atoms with E-state index in [4.69, 9.17) is 4.74 Å². The normalized spacial score (nSPS) is 17.6. The molecule has 1 fully saturated rings. The first-order valence-electron chi connectivity index (χ1n) is 9.18. The summed E-state index contributed by atoms with van der Waals surface area (Å²) in [5.41, 5.74) is 1.33. The summed E-state index contributed by atoms with van der Waals surface area (Å²) in [6.45, 7) is 3.23. The lowest BCUT2D eigenvalue weighted by atomic mass is 9.90. The van der Waals surface area contributed by atoms with Crippen LogP contribution >= 0.6 is 0 Å². The van der Waals surface area contributed by atoms with Crippen LogP contribution in [0, 0.1) is 5.92 Å². The van der Waals surface area contributed by atoms with Gasteiger partial charge in [0.15, 0.2) is 0 Å². The monoisotopic (exact) mass is 343 g/mol. The molecule has 2 heterocycles. The maximum atomic E-state index is 10.6. The largest absolute Gasteiger partial charge is 0.497 e. The minimum Gasteiger partial charge on any atom is -0.497 e. The number of aliphatic hydroxyl groups is 1. The van der Waals surface area contributed by atoms with E-state index in [1.165, 1.54) is 5.56 Å². The third-order valence-corrected chi connectivity index (χ3v) is 5.28. The Bertz CT molecular complexity index is 662. The van der Waals surface area contributed by atoms with E-state index in [1.807, 2.05) is 23.9 Å². The zero-order chi connectivity index (χ0) is 17.6. The smallest absolute Gasteiger partial charge is 0.137 e. The maximum absolute atomic E-state index is 10.6. The highest BCUT2D eigenvalue weighted by molar-refractivity contribution is 5.28. The number of aryl methyl sites for hydroxylation is 2. The first-order valence-corrected chi connectivity index (χ1v) is 9.18. The lowest BCUT2D eigenvalue weighted by Gasteiger charge is -2.34. The average molecular weight is 343 g/mol. The van der Waals surface area contributed by atoms with Gasteiger partial charge in [-0.2, -0.15) is 0 Å². The maximum Gasteiger partial charge on any atom is 0.137 e.